The largest absolute Gasteiger partial charge is 0.394 e. The van der Waals surface area contributed by atoms with Gasteiger partial charge in [0.15, 0.2) is 16.9 Å². The number of aromatic nitrogens is 4. The highest BCUT2D eigenvalue weighted by Gasteiger charge is 2.50. The second kappa shape index (κ2) is 4.24. The number of hydrogen-bond donors (Lipinski definition) is 5. The molecule has 1 aliphatic heterocycles. The van der Waals surface area contributed by atoms with Gasteiger partial charge in [0.1, 0.15) is 12.2 Å². The van der Waals surface area contributed by atoms with Crippen molar-refractivity contribution < 1.29 is 20.1 Å². The highest BCUT2D eigenvalue weighted by atomic mass is 16.5. The summed E-state index contributed by atoms with van der Waals surface area (Å²) in [5.41, 5.74) is 3.03. The molecule has 10 nitrogen and oxygen atoms in total. The number of nitrogens with one attached hydrogen (secondary N) is 1. The molecule has 1 aliphatic rings. The first kappa shape index (κ1) is 13.0. The summed E-state index contributed by atoms with van der Waals surface area (Å²) in [5, 5.41) is 29.7. The van der Waals surface area contributed by atoms with Crippen molar-refractivity contribution in [3.05, 3.63) is 16.7 Å². The third-order valence-corrected chi connectivity index (χ3v) is 3.36. The van der Waals surface area contributed by atoms with Gasteiger partial charge in [-0.3, -0.25) is 14.3 Å². The second-order valence-electron chi connectivity index (χ2n) is 4.59. The minimum absolute atomic E-state index is 0.0210. The Labute approximate surface area is 111 Å². The summed E-state index contributed by atoms with van der Waals surface area (Å²) >= 11 is 0. The van der Waals surface area contributed by atoms with Gasteiger partial charge in [0.05, 0.1) is 19.5 Å². The average molecular weight is 283 g/mol. The summed E-state index contributed by atoms with van der Waals surface area (Å²) in [7, 11) is 0. The molecule has 0 spiro atoms. The molecule has 0 saturated carbocycles. The molecular weight excluding hydrogens is 270 g/mol. The van der Waals surface area contributed by atoms with Crippen molar-refractivity contribution in [3.8, 4) is 0 Å². The van der Waals surface area contributed by atoms with Crippen LogP contribution in [-0.4, -0.2) is 60.3 Å². The zero-order valence-corrected chi connectivity index (χ0v) is 10.2. The predicted octanol–water partition coefficient (Wildman–Crippen LogP) is -2.90. The van der Waals surface area contributed by atoms with Crippen molar-refractivity contribution >= 4 is 17.1 Å². The number of ether oxygens (including phenoxy) is 1. The average Bonchev–Trinajstić information content (AvgIpc) is 2.94. The predicted molar refractivity (Wildman–Crippen MR) is 65.6 cm³/mol. The van der Waals surface area contributed by atoms with E-state index in [2.05, 4.69) is 15.0 Å². The van der Waals surface area contributed by atoms with E-state index >= 15 is 0 Å². The molecular formula is C10H13N5O5. The lowest BCUT2D eigenvalue weighted by Gasteiger charge is -2.27. The van der Waals surface area contributed by atoms with Gasteiger partial charge in [0.2, 0.25) is 5.95 Å². The van der Waals surface area contributed by atoms with E-state index < -0.39 is 30.1 Å². The van der Waals surface area contributed by atoms with Crippen LogP contribution in [0.3, 0.4) is 0 Å². The number of imidazole rings is 1. The molecule has 6 N–H and O–H groups in total. The Morgan fingerprint density at radius 2 is 2.40 bits per heavy atom. The number of anilines is 1. The number of nitrogens with two attached hydrogens (primary N) is 1. The molecule has 0 aromatic carbocycles. The Hall–Kier alpha value is -2.01. The van der Waals surface area contributed by atoms with Gasteiger partial charge in [-0.1, -0.05) is 0 Å². The Bertz CT molecular complexity index is 712. The monoisotopic (exact) mass is 283 g/mol. The van der Waals surface area contributed by atoms with Crippen LogP contribution in [0.5, 0.6) is 0 Å². The summed E-state index contributed by atoms with van der Waals surface area (Å²) in [6.07, 6.45) is -1.16. The number of fused-ring (bicyclic) bond motifs is 1. The van der Waals surface area contributed by atoms with Crippen molar-refractivity contribution in [3.63, 3.8) is 0 Å². The van der Waals surface area contributed by atoms with E-state index in [1.54, 1.807) is 0 Å². The fraction of sp³-hybridized carbons (Fsp3) is 0.500. The van der Waals surface area contributed by atoms with Gasteiger partial charge in [-0.2, -0.15) is 4.98 Å². The van der Waals surface area contributed by atoms with Crippen molar-refractivity contribution in [2.24, 2.45) is 0 Å². The zero-order chi connectivity index (χ0) is 14.5. The number of rotatable bonds is 2. The molecule has 3 heterocycles. The molecule has 2 aromatic rings. The van der Waals surface area contributed by atoms with Gasteiger partial charge in [0, 0.05) is 0 Å². The number of H-pyrrole nitrogens is 1. The molecule has 1 saturated heterocycles. The standard InChI is InChI=1S/C10H13N5O5/c11-9-13-7-5(8(18)14-9)12-3-15(7)10(19)2-20-4(1-16)6(10)17/h3-4,6,16-17,19H,1-2H2,(H3,11,13,14,18)/t4-,6-,10+/m1/s1. The van der Waals surface area contributed by atoms with Gasteiger partial charge in [-0.05, 0) is 0 Å². The zero-order valence-electron chi connectivity index (χ0n) is 10.2. The minimum Gasteiger partial charge on any atom is -0.394 e. The molecule has 108 valence electrons. The maximum atomic E-state index is 11.7. The normalized spacial score (nSPS) is 30.1. The molecule has 3 atom stereocenters. The van der Waals surface area contributed by atoms with Crippen molar-refractivity contribution in [2.75, 3.05) is 18.9 Å². The number of nitrogens with zero attached hydrogens (tertiary/aromatic N) is 3. The smallest absolute Gasteiger partial charge is 0.280 e. The molecule has 0 unspecified atom stereocenters. The highest BCUT2D eigenvalue weighted by Crippen LogP contribution is 2.31. The first-order chi connectivity index (χ1) is 9.47. The lowest BCUT2D eigenvalue weighted by molar-refractivity contribution is -0.110. The molecule has 3 rings (SSSR count). The van der Waals surface area contributed by atoms with E-state index in [0.29, 0.717) is 0 Å². The van der Waals surface area contributed by atoms with Crippen LogP contribution in [0.1, 0.15) is 0 Å². The van der Waals surface area contributed by atoms with Crippen LogP contribution < -0.4 is 11.3 Å². The number of aliphatic hydroxyl groups is 3. The van der Waals surface area contributed by atoms with E-state index in [9.17, 15) is 15.0 Å². The van der Waals surface area contributed by atoms with E-state index in [0.717, 1.165) is 4.57 Å². The number of hydrogen-bond acceptors (Lipinski definition) is 8. The quantitative estimate of drug-likeness (QED) is 0.392. The molecule has 0 amide bonds. The van der Waals surface area contributed by atoms with Gasteiger partial charge in [-0.25, -0.2) is 4.98 Å². The lowest BCUT2D eigenvalue weighted by atomic mass is 10.1. The van der Waals surface area contributed by atoms with Crippen molar-refractivity contribution in [1.29, 1.82) is 0 Å². The number of nitrogen functional groups attached to an aromatic ring is 1. The minimum atomic E-state index is -1.88. The van der Waals surface area contributed by atoms with Gasteiger partial charge >= 0.3 is 0 Å². The Morgan fingerprint density at radius 3 is 3.05 bits per heavy atom. The summed E-state index contributed by atoms with van der Waals surface area (Å²) in [6.45, 7) is -0.731. The van der Waals surface area contributed by atoms with E-state index in [4.69, 9.17) is 15.6 Å². The second-order valence-corrected chi connectivity index (χ2v) is 4.59. The van der Waals surface area contributed by atoms with Crippen LogP contribution in [0.15, 0.2) is 11.1 Å². The Kier molecular flexibility index (Phi) is 2.76. The Morgan fingerprint density at radius 1 is 1.65 bits per heavy atom. The number of aliphatic hydroxyl groups excluding tert-OH is 2. The maximum Gasteiger partial charge on any atom is 0.280 e. The SMILES string of the molecule is Nc1nc2c(ncn2[C@]2(O)CO[C@H](CO)[C@H]2O)c(=O)[nH]1. The molecule has 0 radical (unpaired) electrons. The molecule has 2 aromatic heterocycles. The molecule has 1 fully saturated rings. The van der Waals surface area contributed by atoms with Crippen LogP contribution in [0.2, 0.25) is 0 Å². The molecule has 10 heteroatoms. The first-order valence-electron chi connectivity index (χ1n) is 5.83. The van der Waals surface area contributed by atoms with E-state index in [1.807, 2.05) is 0 Å². The fourth-order valence-electron chi connectivity index (χ4n) is 2.28. The maximum absolute atomic E-state index is 11.7. The van der Waals surface area contributed by atoms with Gasteiger partial charge in [0.25, 0.3) is 5.56 Å². The van der Waals surface area contributed by atoms with E-state index in [-0.39, 0.29) is 23.7 Å². The summed E-state index contributed by atoms with van der Waals surface area (Å²) in [5.74, 6) is -0.139. The molecule has 20 heavy (non-hydrogen) atoms. The third kappa shape index (κ3) is 1.63. The van der Waals surface area contributed by atoms with E-state index in [1.165, 1.54) is 6.33 Å². The van der Waals surface area contributed by atoms with Crippen LogP contribution >= 0.6 is 0 Å². The van der Waals surface area contributed by atoms with Crippen LogP contribution in [-0.2, 0) is 10.5 Å². The lowest BCUT2D eigenvalue weighted by Crippen LogP contribution is -2.46. The third-order valence-electron chi connectivity index (χ3n) is 3.36. The van der Waals surface area contributed by atoms with Crippen LogP contribution in [0.4, 0.5) is 5.95 Å². The van der Waals surface area contributed by atoms with Crippen LogP contribution in [0.25, 0.3) is 11.2 Å². The van der Waals surface area contributed by atoms with Crippen LogP contribution in [0, 0.1) is 0 Å². The number of aromatic amines is 1. The van der Waals surface area contributed by atoms with Gasteiger partial charge in [-0.15, -0.1) is 0 Å². The topological polar surface area (TPSA) is 160 Å². The van der Waals surface area contributed by atoms with Gasteiger partial charge < -0.3 is 25.8 Å². The van der Waals surface area contributed by atoms with Crippen molar-refractivity contribution in [1.82, 2.24) is 19.5 Å². The summed E-state index contributed by atoms with van der Waals surface area (Å²) < 4.78 is 6.24. The molecule has 0 bridgehead atoms. The fourth-order valence-corrected chi connectivity index (χ4v) is 2.28. The highest BCUT2D eigenvalue weighted by molar-refractivity contribution is 5.70. The molecule has 0 aliphatic carbocycles. The first-order valence-corrected chi connectivity index (χ1v) is 5.83. The Balaban J connectivity index is 2.18. The summed E-state index contributed by atoms with van der Waals surface area (Å²) in [4.78, 5) is 21.7. The summed E-state index contributed by atoms with van der Waals surface area (Å²) in [6, 6.07) is 0. The van der Waals surface area contributed by atoms with Crippen molar-refractivity contribution in [2.45, 2.75) is 17.9 Å².